The van der Waals surface area contributed by atoms with Crippen LogP contribution in [0.3, 0.4) is 0 Å². The fourth-order valence-corrected chi connectivity index (χ4v) is 6.00. The molecule has 2 aromatic rings. The Morgan fingerprint density at radius 3 is 2.77 bits per heavy atom. The van der Waals surface area contributed by atoms with Crippen LogP contribution in [0.1, 0.15) is 52.7 Å². The van der Waals surface area contributed by atoms with Crippen LogP contribution in [0, 0.1) is 23.6 Å². The van der Waals surface area contributed by atoms with E-state index in [1.807, 2.05) is 12.1 Å². The normalized spacial score (nSPS) is 31.2. The van der Waals surface area contributed by atoms with Crippen molar-refractivity contribution in [2.24, 2.45) is 17.8 Å². The lowest BCUT2D eigenvalue weighted by Gasteiger charge is -2.43. The van der Waals surface area contributed by atoms with E-state index in [0.717, 1.165) is 24.1 Å². The maximum Gasteiger partial charge on any atom is 0.335 e. The number of carboxylic acid groups (broad SMARTS) is 1. The third kappa shape index (κ3) is 2.21. The number of hydrogen-bond donors (Lipinski definition) is 2. The average molecular weight is 372 g/mol. The number of anilines is 1. The number of rotatable bonds is 2. The molecule has 0 amide bonds. The van der Waals surface area contributed by atoms with Crippen LogP contribution in [0.5, 0.6) is 0 Å². The van der Waals surface area contributed by atoms with E-state index in [2.05, 4.69) is 5.32 Å². The van der Waals surface area contributed by atoms with Gasteiger partial charge in [-0.25, -0.2) is 9.18 Å². The Hall–Kier alpha value is -2.07. The third-order valence-corrected chi connectivity index (χ3v) is 6.97. The molecular formula is C21H19ClFNO2. The highest BCUT2D eigenvalue weighted by molar-refractivity contribution is 6.31. The second kappa shape index (κ2) is 5.71. The van der Waals surface area contributed by atoms with Crippen molar-refractivity contribution in [1.82, 2.24) is 0 Å². The van der Waals surface area contributed by atoms with Crippen LogP contribution in [0.25, 0.3) is 0 Å². The molecule has 1 aliphatic heterocycles. The molecule has 2 N–H and O–H groups in total. The largest absolute Gasteiger partial charge is 0.478 e. The first kappa shape index (κ1) is 16.1. The average Bonchev–Trinajstić information content (AvgIpc) is 3.23. The van der Waals surface area contributed by atoms with E-state index >= 15 is 0 Å². The van der Waals surface area contributed by atoms with Crippen LogP contribution >= 0.6 is 11.6 Å². The van der Waals surface area contributed by atoms with E-state index in [1.54, 1.807) is 18.2 Å². The standard InChI is InChI=1S/C21H19ClFNO2/c22-14-2-1-3-15(23)19(14)20-18-11-5-4-10(8-11)17(18)13-9-12(21(25)26)6-7-16(13)24-20/h1-3,6-7,9-11,17-18,20,24H,4-5,8H2,(H,25,26)/t10-,11+,17+,18+,20-/m0/s1. The zero-order valence-electron chi connectivity index (χ0n) is 14.1. The molecule has 2 saturated carbocycles. The van der Waals surface area contributed by atoms with Crippen molar-refractivity contribution < 1.29 is 14.3 Å². The molecule has 0 saturated heterocycles. The van der Waals surface area contributed by atoms with Gasteiger partial charge in [-0.1, -0.05) is 17.7 Å². The second-order valence-electron chi connectivity index (χ2n) is 7.80. The summed E-state index contributed by atoms with van der Waals surface area (Å²) in [5.41, 5.74) is 2.85. The zero-order chi connectivity index (χ0) is 18.0. The predicted molar refractivity (Wildman–Crippen MR) is 98.2 cm³/mol. The Labute approximate surface area is 156 Å². The van der Waals surface area contributed by atoms with Gasteiger partial charge in [-0.3, -0.25) is 0 Å². The summed E-state index contributed by atoms with van der Waals surface area (Å²) in [4.78, 5) is 11.4. The summed E-state index contributed by atoms with van der Waals surface area (Å²) in [6.07, 6.45) is 3.46. The summed E-state index contributed by atoms with van der Waals surface area (Å²) in [6.45, 7) is 0. The first-order valence-corrected chi connectivity index (χ1v) is 9.50. The lowest BCUT2D eigenvalue weighted by molar-refractivity contribution is 0.0696. The number of nitrogens with one attached hydrogen (secondary N) is 1. The predicted octanol–water partition coefficient (Wildman–Crippen LogP) is 5.47. The van der Waals surface area contributed by atoms with Gasteiger partial charge in [-0.15, -0.1) is 0 Å². The topological polar surface area (TPSA) is 49.3 Å². The van der Waals surface area contributed by atoms with Crippen LogP contribution in [-0.4, -0.2) is 11.1 Å². The lowest BCUT2D eigenvalue weighted by Crippen LogP contribution is -2.36. The van der Waals surface area contributed by atoms with Crippen molar-refractivity contribution in [1.29, 1.82) is 0 Å². The van der Waals surface area contributed by atoms with Gasteiger partial charge in [-0.2, -0.15) is 0 Å². The molecule has 2 fully saturated rings. The number of hydrogen-bond acceptors (Lipinski definition) is 2. The number of aromatic carboxylic acids is 1. The quantitative estimate of drug-likeness (QED) is 0.735. The second-order valence-corrected chi connectivity index (χ2v) is 8.21. The first-order chi connectivity index (χ1) is 12.5. The van der Waals surface area contributed by atoms with E-state index < -0.39 is 5.97 Å². The molecule has 5 rings (SSSR count). The van der Waals surface area contributed by atoms with Gasteiger partial charge in [0, 0.05) is 16.3 Å². The van der Waals surface area contributed by atoms with E-state index in [9.17, 15) is 14.3 Å². The van der Waals surface area contributed by atoms with Gasteiger partial charge in [0.2, 0.25) is 0 Å². The van der Waals surface area contributed by atoms with Gasteiger partial charge >= 0.3 is 5.97 Å². The summed E-state index contributed by atoms with van der Waals surface area (Å²) in [6, 6.07) is 9.91. The van der Waals surface area contributed by atoms with Gasteiger partial charge in [-0.05, 0) is 78.8 Å². The molecule has 5 heteroatoms. The molecule has 2 aliphatic carbocycles. The van der Waals surface area contributed by atoms with Crippen LogP contribution < -0.4 is 5.32 Å². The summed E-state index contributed by atoms with van der Waals surface area (Å²) in [5, 5.41) is 13.3. The highest BCUT2D eigenvalue weighted by atomic mass is 35.5. The lowest BCUT2D eigenvalue weighted by atomic mass is 9.68. The molecule has 3 aliphatic rings. The third-order valence-electron chi connectivity index (χ3n) is 6.64. The molecule has 134 valence electrons. The number of carbonyl (C=O) groups is 1. The van der Waals surface area contributed by atoms with Gasteiger partial charge in [0.15, 0.2) is 0 Å². The van der Waals surface area contributed by atoms with Crippen molar-refractivity contribution in [3.8, 4) is 0 Å². The van der Waals surface area contributed by atoms with Crippen LogP contribution in [-0.2, 0) is 0 Å². The monoisotopic (exact) mass is 371 g/mol. The molecule has 0 spiro atoms. The number of benzene rings is 2. The Balaban J connectivity index is 1.67. The Morgan fingerprint density at radius 1 is 1.19 bits per heavy atom. The molecule has 2 bridgehead atoms. The fourth-order valence-electron chi connectivity index (χ4n) is 5.72. The summed E-state index contributed by atoms with van der Waals surface area (Å²) < 4.78 is 14.7. The van der Waals surface area contributed by atoms with Gasteiger partial charge in [0.25, 0.3) is 0 Å². The number of fused-ring (bicyclic) bond motifs is 7. The van der Waals surface area contributed by atoms with Gasteiger partial charge in [0.1, 0.15) is 5.82 Å². The molecule has 26 heavy (non-hydrogen) atoms. The van der Waals surface area contributed by atoms with E-state index in [0.29, 0.717) is 28.0 Å². The molecule has 0 aromatic heterocycles. The van der Waals surface area contributed by atoms with Crippen molar-refractivity contribution in [2.45, 2.75) is 31.2 Å². The molecule has 5 atom stereocenters. The highest BCUT2D eigenvalue weighted by Gasteiger charge is 2.54. The highest BCUT2D eigenvalue weighted by Crippen LogP contribution is 2.64. The maximum atomic E-state index is 14.7. The minimum Gasteiger partial charge on any atom is -0.478 e. The van der Waals surface area contributed by atoms with Crippen LogP contribution in [0.2, 0.25) is 5.02 Å². The first-order valence-electron chi connectivity index (χ1n) is 9.12. The SMILES string of the molecule is O=C(O)c1ccc2c(c1)[C@H]1[C@H]3CC[C@H](C3)[C@H]1[C@@H](c1c(F)cccc1Cl)N2. The van der Waals surface area contributed by atoms with Crippen molar-refractivity contribution in [2.75, 3.05) is 5.32 Å². The number of carboxylic acids is 1. The van der Waals surface area contributed by atoms with E-state index in [4.69, 9.17) is 11.6 Å². The molecular weight excluding hydrogens is 353 g/mol. The minimum atomic E-state index is -0.910. The molecule has 2 aromatic carbocycles. The zero-order valence-corrected chi connectivity index (χ0v) is 14.8. The smallest absolute Gasteiger partial charge is 0.335 e. The van der Waals surface area contributed by atoms with E-state index in [1.165, 1.54) is 12.5 Å². The van der Waals surface area contributed by atoms with Crippen molar-refractivity contribution in [3.63, 3.8) is 0 Å². The fraction of sp³-hybridized carbons (Fsp3) is 0.381. The van der Waals surface area contributed by atoms with Crippen LogP contribution in [0.15, 0.2) is 36.4 Å². The summed E-state index contributed by atoms with van der Waals surface area (Å²) >= 11 is 6.39. The molecule has 1 heterocycles. The van der Waals surface area contributed by atoms with Gasteiger partial charge in [0.05, 0.1) is 11.6 Å². The molecule has 3 nitrogen and oxygen atoms in total. The minimum absolute atomic E-state index is 0.174. The van der Waals surface area contributed by atoms with Crippen molar-refractivity contribution in [3.05, 3.63) is 63.9 Å². The van der Waals surface area contributed by atoms with E-state index in [-0.39, 0.29) is 23.7 Å². The van der Waals surface area contributed by atoms with Crippen molar-refractivity contribution >= 4 is 23.3 Å². The van der Waals surface area contributed by atoms with Gasteiger partial charge < -0.3 is 10.4 Å². The maximum absolute atomic E-state index is 14.7. The molecule has 0 unspecified atom stereocenters. The Morgan fingerprint density at radius 2 is 2.00 bits per heavy atom. The molecule has 0 radical (unpaired) electrons. The Bertz CT molecular complexity index is 895. The Kier molecular flexibility index (Phi) is 3.54. The summed E-state index contributed by atoms with van der Waals surface area (Å²) in [5.74, 6) is 0.404. The summed E-state index contributed by atoms with van der Waals surface area (Å²) in [7, 11) is 0. The number of halogens is 2. The van der Waals surface area contributed by atoms with Crippen LogP contribution in [0.4, 0.5) is 10.1 Å².